The fraction of sp³-hybridized carbons (Fsp3) is 0.486. The van der Waals surface area contributed by atoms with E-state index in [2.05, 4.69) is 22.5 Å². The average Bonchev–Trinajstić information content (AvgIpc) is 3.45. The number of unbranched alkanes of at least 4 members (excludes halogenated alkanes) is 2. The molecule has 0 unspecified atom stereocenters. The van der Waals surface area contributed by atoms with Gasteiger partial charge in [0.1, 0.15) is 6.61 Å². The van der Waals surface area contributed by atoms with Gasteiger partial charge in [-0.1, -0.05) is 52.9 Å². The molecule has 3 aliphatic rings. The number of piperidine rings is 1. The highest BCUT2D eigenvalue weighted by atomic mass is 79.9. The number of nitrogens with zero attached hydrogens (tertiary/aromatic N) is 3. The number of likely N-dealkylation sites (tertiary alicyclic amines) is 1. The van der Waals surface area contributed by atoms with Crippen molar-refractivity contribution in [2.75, 3.05) is 56.7 Å². The fourth-order valence-electron chi connectivity index (χ4n) is 6.50. The lowest BCUT2D eigenvalue weighted by Crippen LogP contribution is -2.41. The smallest absolute Gasteiger partial charge is 0.414 e. The molecule has 0 aliphatic carbocycles. The first-order chi connectivity index (χ1) is 22.6. The van der Waals surface area contributed by atoms with Gasteiger partial charge in [-0.15, -0.1) is 0 Å². The van der Waals surface area contributed by atoms with E-state index in [1.807, 2.05) is 30.5 Å². The third-order valence-electron chi connectivity index (χ3n) is 8.90. The molecule has 1 atom stereocenters. The van der Waals surface area contributed by atoms with Gasteiger partial charge in [-0.2, -0.15) is 13.2 Å². The average molecular weight is 721 g/mol. The number of methoxy groups -OCH3 is 1. The third kappa shape index (κ3) is 8.51. The van der Waals surface area contributed by atoms with Crippen LogP contribution in [0, 0.1) is 0 Å². The molecule has 2 aromatic rings. The zero-order valence-electron chi connectivity index (χ0n) is 26.6. The summed E-state index contributed by atoms with van der Waals surface area (Å²) < 4.78 is 55.5. The molecule has 254 valence electrons. The maximum Gasteiger partial charge on any atom is 0.414 e. The molecule has 0 saturated carbocycles. The van der Waals surface area contributed by atoms with Crippen molar-refractivity contribution in [2.24, 2.45) is 0 Å². The van der Waals surface area contributed by atoms with Gasteiger partial charge >= 0.3 is 12.3 Å². The lowest BCUT2D eigenvalue weighted by molar-refractivity contribution is -0.147. The van der Waals surface area contributed by atoms with Crippen molar-refractivity contribution >= 4 is 39.2 Å². The monoisotopic (exact) mass is 719 g/mol. The van der Waals surface area contributed by atoms with Crippen LogP contribution in [0.4, 0.5) is 23.7 Å². The van der Waals surface area contributed by atoms with E-state index in [4.69, 9.17) is 14.2 Å². The maximum absolute atomic E-state index is 14.1. The number of carbonyl (C=O) groups excluding carboxylic acids is 2. The van der Waals surface area contributed by atoms with Gasteiger partial charge in [-0.3, -0.25) is 14.6 Å². The van der Waals surface area contributed by atoms with Crippen LogP contribution in [0.1, 0.15) is 65.9 Å². The molecule has 2 aromatic carbocycles. The predicted molar refractivity (Wildman–Crippen MR) is 178 cm³/mol. The van der Waals surface area contributed by atoms with E-state index in [-0.39, 0.29) is 31.0 Å². The normalized spacial score (nSPS) is 18.7. The summed E-state index contributed by atoms with van der Waals surface area (Å²) in [4.78, 5) is 32.1. The van der Waals surface area contributed by atoms with E-state index in [1.54, 1.807) is 17.0 Å². The number of rotatable bonds is 12. The molecule has 12 heteroatoms. The molecule has 3 heterocycles. The standard InChI is InChI=1S/C35H41BrF3N3O5/c1-3-16-47-34(44)42-22-28-18-27(25-9-7-24(8-10-25)26-11-14-40(15-12-26)23-35(37,38)39)21-41(28)33(43)29-19-31(45-2)32(20-30(29)42)46-17-6-4-5-13-36/h3,7-10,19-21,26,28H,1,4-6,11-18,22-23H2,2H3/t28-/m0/s1. The van der Waals surface area contributed by atoms with Crippen molar-refractivity contribution in [1.29, 1.82) is 0 Å². The number of anilines is 1. The topological polar surface area (TPSA) is 71.6 Å². The Hall–Kier alpha value is -3.51. The highest BCUT2D eigenvalue weighted by Crippen LogP contribution is 2.42. The van der Waals surface area contributed by atoms with Gasteiger partial charge in [-0.05, 0) is 80.3 Å². The molecule has 1 saturated heterocycles. The van der Waals surface area contributed by atoms with Gasteiger partial charge in [-0.25, -0.2) is 4.79 Å². The lowest BCUT2D eigenvalue weighted by atomic mass is 9.88. The molecule has 8 nitrogen and oxygen atoms in total. The summed E-state index contributed by atoms with van der Waals surface area (Å²) in [6.07, 6.45) is 3.32. The Morgan fingerprint density at radius 1 is 1.09 bits per heavy atom. The fourth-order valence-corrected chi connectivity index (χ4v) is 6.89. The van der Waals surface area contributed by atoms with Gasteiger partial charge in [0.15, 0.2) is 11.5 Å². The van der Waals surface area contributed by atoms with Crippen LogP contribution in [0.5, 0.6) is 11.5 Å². The number of ether oxygens (including phenoxy) is 3. The lowest BCUT2D eigenvalue weighted by Gasteiger charge is -2.32. The van der Waals surface area contributed by atoms with Crippen molar-refractivity contribution in [2.45, 2.75) is 56.7 Å². The van der Waals surface area contributed by atoms with E-state index < -0.39 is 18.8 Å². The van der Waals surface area contributed by atoms with Crippen LogP contribution in [-0.4, -0.2) is 85.9 Å². The second kappa shape index (κ2) is 15.6. The SMILES string of the molecule is C=CCOC(=O)N1C[C@@H]2CC(c3ccc(C4CCN(CC(F)(F)F)CC4)cc3)=CN2C(=O)c2cc(OC)c(OCCCCCBr)cc21. The Morgan fingerprint density at radius 3 is 2.49 bits per heavy atom. The summed E-state index contributed by atoms with van der Waals surface area (Å²) >= 11 is 3.44. The van der Waals surface area contributed by atoms with E-state index in [0.717, 1.165) is 41.3 Å². The second-order valence-corrected chi connectivity index (χ2v) is 12.9. The van der Waals surface area contributed by atoms with Crippen LogP contribution in [0.3, 0.4) is 0 Å². The molecule has 5 rings (SSSR count). The summed E-state index contributed by atoms with van der Waals surface area (Å²) in [5.74, 6) is 0.790. The molecule has 2 amide bonds. The minimum Gasteiger partial charge on any atom is -0.493 e. The van der Waals surface area contributed by atoms with E-state index in [0.29, 0.717) is 61.7 Å². The van der Waals surface area contributed by atoms with Crippen LogP contribution in [0.2, 0.25) is 0 Å². The Labute approximate surface area is 282 Å². The Kier molecular flexibility index (Phi) is 11.5. The molecule has 0 N–H and O–H groups in total. The first-order valence-corrected chi connectivity index (χ1v) is 17.1. The molecule has 3 aliphatic heterocycles. The first-order valence-electron chi connectivity index (χ1n) is 16.0. The number of halogens is 4. The van der Waals surface area contributed by atoms with Crippen molar-refractivity contribution < 1.29 is 37.0 Å². The van der Waals surface area contributed by atoms with Crippen molar-refractivity contribution in [3.63, 3.8) is 0 Å². The van der Waals surface area contributed by atoms with Gasteiger partial charge in [0.2, 0.25) is 0 Å². The molecule has 47 heavy (non-hydrogen) atoms. The molecular formula is C35H41BrF3N3O5. The van der Waals surface area contributed by atoms with Crippen LogP contribution < -0.4 is 14.4 Å². The number of fused-ring (bicyclic) bond motifs is 2. The summed E-state index contributed by atoms with van der Waals surface area (Å²) in [7, 11) is 1.52. The molecule has 0 bridgehead atoms. The quantitative estimate of drug-likeness (QED) is 0.127. The summed E-state index contributed by atoms with van der Waals surface area (Å²) in [6, 6.07) is 11.1. The van der Waals surface area contributed by atoms with E-state index >= 15 is 0 Å². The van der Waals surface area contributed by atoms with E-state index in [1.165, 1.54) is 23.0 Å². The van der Waals surface area contributed by atoms with Gasteiger partial charge in [0.05, 0.1) is 44.1 Å². The van der Waals surface area contributed by atoms with Crippen molar-refractivity contribution in [3.05, 3.63) is 71.9 Å². The van der Waals surface area contributed by atoms with Crippen LogP contribution >= 0.6 is 15.9 Å². The third-order valence-corrected chi connectivity index (χ3v) is 9.46. The van der Waals surface area contributed by atoms with Crippen LogP contribution in [0.15, 0.2) is 55.3 Å². The van der Waals surface area contributed by atoms with Gasteiger partial charge in [0.25, 0.3) is 5.91 Å². The van der Waals surface area contributed by atoms with E-state index in [9.17, 15) is 22.8 Å². The first kappa shape index (κ1) is 34.8. The minimum atomic E-state index is -4.18. The molecular weight excluding hydrogens is 679 g/mol. The van der Waals surface area contributed by atoms with Crippen molar-refractivity contribution in [1.82, 2.24) is 9.80 Å². The zero-order valence-corrected chi connectivity index (χ0v) is 28.2. The molecule has 0 aromatic heterocycles. The number of carbonyl (C=O) groups is 2. The highest BCUT2D eigenvalue weighted by molar-refractivity contribution is 9.09. The van der Waals surface area contributed by atoms with Gasteiger partial charge in [0, 0.05) is 17.6 Å². The molecule has 0 spiro atoms. The number of hydrogen-bond donors (Lipinski definition) is 0. The Bertz CT molecular complexity index is 1460. The molecule has 0 radical (unpaired) electrons. The summed E-state index contributed by atoms with van der Waals surface area (Å²) in [6.45, 7) is 4.31. The van der Waals surface area contributed by atoms with Crippen molar-refractivity contribution in [3.8, 4) is 11.5 Å². The number of hydrogen-bond acceptors (Lipinski definition) is 6. The molecule has 1 fully saturated rings. The number of benzene rings is 2. The Balaban J connectivity index is 1.36. The zero-order chi connectivity index (χ0) is 33.6. The minimum absolute atomic E-state index is 0.0251. The van der Waals surface area contributed by atoms with Crippen LogP contribution in [0.25, 0.3) is 5.57 Å². The highest BCUT2D eigenvalue weighted by Gasteiger charge is 2.40. The predicted octanol–water partition coefficient (Wildman–Crippen LogP) is 7.78. The number of alkyl halides is 4. The van der Waals surface area contributed by atoms with Crippen LogP contribution in [-0.2, 0) is 4.74 Å². The summed E-state index contributed by atoms with van der Waals surface area (Å²) in [5.41, 5.74) is 3.70. The number of amides is 2. The van der Waals surface area contributed by atoms with Gasteiger partial charge < -0.3 is 19.1 Å². The summed E-state index contributed by atoms with van der Waals surface area (Å²) in [5, 5.41) is 0.925. The Morgan fingerprint density at radius 2 is 1.83 bits per heavy atom. The second-order valence-electron chi connectivity index (χ2n) is 12.1. The largest absolute Gasteiger partial charge is 0.493 e. The maximum atomic E-state index is 14.1.